The van der Waals surface area contributed by atoms with Crippen molar-refractivity contribution in [2.75, 3.05) is 6.61 Å². The number of H-pyrrole nitrogens is 1. The zero-order valence-corrected chi connectivity index (χ0v) is 13.4. The Hall–Kier alpha value is -3.68. The maximum Gasteiger partial charge on any atom is 0.276 e. The summed E-state index contributed by atoms with van der Waals surface area (Å²) in [5.41, 5.74) is 4.53. The lowest BCUT2D eigenvalue weighted by atomic mass is 10.1. The molecule has 0 aliphatic heterocycles. The number of carbonyl (C=O) groups excluding carboxylic acids is 2. The molecule has 26 heavy (non-hydrogen) atoms. The molecule has 1 heterocycles. The maximum absolute atomic E-state index is 13.4. The predicted molar refractivity (Wildman–Crippen MR) is 92.1 cm³/mol. The first-order chi connectivity index (χ1) is 12.5. The van der Waals surface area contributed by atoms with Crippen molar-refractivity contribution in [1.29, 1.82) is 0 Å². The summed E-state index contributed by atoms with van der Waals surface area (Å²) in [7, 11) is 0. The Morgan fingerprint density at radius 1 is 1.04 bits per heavy atom. The minimum atomic E-state index is -0.684. The van der Waals surface area contributed by atoms with Crippen molar-refractivity contribution in [2.24, 2.45) is 0 Å². The van der Waals surface area contributed by atoms with Gasteiger partial charge in [0.15, 0.2) is 18.2 Å². The van der Waals surface area contributed by atoms with E-state index in [1.807, 2.05) is 0 Å². The van der Waals surface area contributed by atoms with Gasteiger partial charge in [0.1, 0.15) is 0 Å². The Kier molecular flexibility index (Phi) is 4.93. The molecule has 8 heteroatoms. The Morgan fingerprint density at radius 3 is 2.58 bits per heavy atom. The zero-order valence-electron chi connectivity index (χ0n) is 13.4. The van der Waals surface area contributed by atoms with Crippen LogP contribution in [0.25, 0.3) is 10.9 Å². The summed E-state index contributed by atoms with van der Waals surface area (Å²) in [6.07, 6.45) is 0. The highest BCUT2D eigenvalue weighted by molar-refractivity contribution is 6.06. The van der Waals surface area contributed by atoms with E-state index in [0.717, 1.165) is 6.07 Å². The van der Waals surface area contributed by atoms with Crippen LogP contribution in [0.1, 0.15) is 10.4 Å². The second-order valence-electron chi connectivity index (χ2n) is 5.31. The first-order valence-electron chi connectivity index (χ1n) is 7.63. The van der Waals surface area contributed by atoms with Crippen molar-refractivity contribution in [2.45, 2.75) is 0 Å². The van der Waals surface area contributed by atoms with E-state index in [1.54, 1.807) is 30.3 Å². The fourth-order valence-corrected chi connectivity index (χ4v) is 2.33. The van der Waals surface area contributed by atoms with Gasteiger partial charge in [0.25, 0.3) is 11.8 Å². The molecule has 132 valence electrons. The number of fused-ring (bicyclic) bond motifs is 1. The average molecular weight is 355 g/mol. The summed E-state index contributed by atoms with van der Waals surface area (Å²) < 4.78 is 18.4. The molecule has 3 rings (SSSR count). The number of ether oxygens (including phenoxy) is 1. The minimum Gasteiger partial charge on any atom is -0.481 e. The molecule has 0 saturated carbocycles. The number of aromatic amines is 1. The molecule has 3 N–H and O–H groups in total. The van der Waals surface area contributed by atoms with Gasteiger partial charge in [0, 0.05) is 17.0 Å². The van der Waals surface area contributed by atoms with Gasteiger partial charge in [0.05, 0.1) is 5.56 Å². The quantitative estimate of drug-likeness (QED) is 0.618. The van der Waals surface area contributed by atoms with Crippen molar-refractivity contribution < 1.29 is 18.7 Å². The van der Waals surface area contributed by atoms with Crippen LogP contribution in [0.2, 0.25) is 0 Å². The molecule has 0 aliphatic carbocycles. The topological polar surface area (TPSA) is 100 Å². The van der Waals surface area contributed by atoms with Crippen LogP contribution in [-0.4, -0.2) is 23.4 Å². The molecule has 0 unspecified atom stereocenters. The predicted octanol–water partition coefficient (Wildman–Crippen LogP) is 1.51. The molecule has 7 nitrogen and oxygen atoms in total. The average Bonchev–Trinajstić information content (AvgIpc) is 2.64. The van der Waals surface area contributed by atoms with E-state index in [1.165, 1.54) is 18.2 Å². The van der Waals surface area contributed by atoms with Crippen molar-refractivity contribution in [1.82, 2.24) is 15.8 Å². The lowest BCUT2D eigenvalue weighted by Gasteiger charge is -2.10. The second-order valence-corrected chi connectivity index (χ2v) is 5.31. The Labute approximate surface area is 146 Å². The normalized spacial score (nSPS) is 10.3. The first-order valence-corrected chi connectivity index (χ1v) is 7.63. The van der Waals surface area contributed by atoms with E-state index in [9.17, 15) is 18.8 Å². The monoisotopic (exact) mass is 355 g/mol. The molecule has 2 aromatic carbocycles. The molecule has 0 aliphatic rings. The van der Waals surface area contributed by atoms with Crippen molar-refractivity contribution in [3.05, 3.63) is 76.3 Å². The number of pyridine rings is 1. The highest BCUT2D eigenvalue weighted by atomic mass is 19.1. The summed E-state index contributed by atoms with van der Waals surface area (Å²) in [6, 6.07) is 13.6. The maximum atomic E-state index is 13.4. The van der Waals surface area contributed by atoms with Gasteiger partial charge in [0.2, 0.25) is 5.56 Å². The number of hydrogen-bond donors (Lipinski definition) is 3. The minimum absolute atomic E-state index is 0.0745. The van der Waals surface area contributed by atoms with Crippen LogP contribution in [0.5, 0.6) is 5.75 Å². The SMILES string of the molecule is O=C(COc1ccccc1F)NNC(=O)c1cc(=O)[nH]c2ccccc12. The number of hydrazine groups is 1. The first kappa shape index (κ1) is 17.2. The largest absolute Gasteiger partial charge is 0.481 e. The van der Waals surface area contributed by atoms with Crippen molar-refractivity contribution in [3.8, 4) is 5.75 Å². The smallest absolute Gasteiger partial charge is 0.276 e. The highest BCUT2D eigenvalue weighted by Gasteiger charge is 2.13. The van der Waals surface area contributed by atoms with E-state index in [4.69, 9.17) is 4.74 Å². The van der Waals surface area contributed by atoms with Crippen LogP contribution in [0.4, 0.5) is 4.39 Å². The molecule has 3 aromatic rings. The van der Waals surface area contributed by atoms with E-state index in [2.05, 4.69) is 15.8 Å². The van der Waals surface area contributed by atoms with E-state index in [-0.39, 0.29) is 11.3 Å². The molecule has 0 radical (unpaired) electrons. The number of amides is 2. The Morgan fingerprint density at radius 2 is 1.77 bits per heavy atom. The van der Waals surface area contributed by atoms with E-state index in [0.29, 0.717) is 10.9 Å². The molecule has 2 amide bonds. The summed E-state index contributed by atoms with van der Waals surface area (Å²) in [4.78, 5) is 38.3. The number of para-hydroxylation sites is 2. The van der Waals surface area contributed by atoms with Crippen LogP contribution in [0.15, 0.2) is 59.4 Å². The molecule has 0 spiro atoms. The lowest BCUT2D eigenvalue weighted by molar-refractivity contribution is -0.123. The van der Waals surface area contributed by atoms with Gasteiger partial charge in [-0.15, -0.1) is 0 Å². The van der Waals surface area contributed by atoms with Crippen LogP contribution in [0, 0.1) is 5.82 Å². The third-order valence-corrected chi connectivity index (χ3v) is 3.51. The molecule has 1 aromatic heterocycles. The van der Waals surface area contributed by atoms with Crippen LogP contribution in [0.3, 0.4) is 0 Å². The lowest BCUT2D eigenvalue weighted by Crippen LogP contribution is -2.44. The van der Waals surface area contributed by atoms with Gasteiger partial charge >= 0.3 is 0 Å². The highest BCUT2D eigenvalue weighted by Crippen LogP contribution is 2.15. The zero-order chi connectivity index (χ0) is 18.5. The number of carbonyl (C=O) groups is 2. The van der Waals surface area contributed by atoms with Crippen LogP contribution in [-0.2, 0) is 4.79 Å². The molecule has 0 bridgehead atoms. The van der Waals surface area contributed by atoms with Crippen LogP contribution < -0.4 is 21.1 Å². The number of nitrogens with one attached hydrogen (secondary N) is 3. The van der Waals surface area contributed by atoms with E-state index >= 15 is 0 Å². The third-order valence-electron chi connectivity index (χ3n) is 3.51. The van der Waals surface area contributed by atoms with Gasteiger partial charge in [-0.3, -0.25) is 25.2 Å². The summed E-state index contributed by atoms with van der Waals surface area (Å²) in [5.74, 6) is -2.02. The molecule has 0 fully saturated rings. The number of benzene rings is 2. The van der Waals surface area contributed by atoms with E-state index < -0.39 is 29.8 Å². The van der Waals surface area contributed by atoms with Gasteiger partial charge < -0.3 is 9.72 Å². The van der Waals surface area contributed by atoms with Crippen LogP contribution >= 0.6 is 0 Å². The van der Waals surface area contributed by atoms with Gasteiger partial charge in [-0.1, -0.05) is 30.3 Å². The Bertz CT molecular complexity index is 1030. The fraction of sp³-hybridized carbons (Fsp3) is 0.0556. The molecule has 0 atom stereocenters. The summed E-state index contributed by atoms with van der Waals surface area (Å²) in [5, 5.41) is 0.529. The standard InChI is InChI=1S/C18H14FN3O4/c19-13-6-2-4-8-15(13)26-10-17(24)21-22-18(25)12-9-16(23)20-14-7-3-1-5-11(12)14/h1-9H,10H2,(H,20,23)(H,21,24)(H,22,25). The number of hydrogen-bond acceptors (Lipinski definition) is 4. The number of aromatic nitrogens is 1. The molecular formula is C18H14FN3O4. The molecule has 0 saturated heterocycles. The second kappa shape index (κ2) is 7.47. The third kappa shape index (κ3) is 3.86. The summed E-state index contributed by atoms with van der Waals surface area (Å²) >= 11 is 0. The fourth-order valence-electron chi connectivity index (χ4n) is 2.33. The van der Waals surface area contributed by atoms with Crippen molar-refractivity contribution in [3.63, 3.8) is 0 Å². The summed E-state index contributed by atoms with van der Waals surface area (Å²) in [6.45, 7) is -0.489. The van der Waals surface area contributed by atoms with Gasteiger partial charge in [-0.2, -0.15) is 0 Å². The van der Waals surface area contributed by atoms with Gasteiger partial charge in [-0.05, 0) is 18.2 Å². The van der Waals surface area contributed by atoms with Gasteiger partial charge in [-0.25, -0.2) is 4.39 Å². The van der Waals surface area contributed by atoms with Crippen molar-refractivity contribution >= 4 is 22.7 Å². The number of rotatable bonds is 4. The number of halogens is 1. The molecular weight excluding hydrogens is 341 g/mol. The Balaban J connectivity index is 1.63.